The van der Waals surface area contributed by atoms with Crippen molar-refractivity contribution in [3.63, 3.8) is 0 Å². The minimum absolute atomic E-state index is 0.00708. The third-order valence-corrected chi connectivity index (χ3v) is 4.31. The van der Waals surface area contributed by atoms with Crippen LogP contribution < -0.4 is 0 Å². The van der Waals surface area contributed by atoms with Gasteiger partial charge < -0.3 is 10.0 Å². The highest BCUT2D eigenvalue weighted by atomic mass is 16.4. The molecule has 1 atom stereocenters. The number of carboxylic acid groups (broad SMARTS) is 1. The smallest absolute Gasteiger partial charge is 0.310 e. The highest BCUT2D eigenvalue weighted by Gasteiger charge is 2.38. The molecule has 0 radical (unpaired) electrons. The third-order valence-electron chi connectivity index (χ3n) is 4.31. The molecule has 1 fully saturated rings. The molecule has 18 heavy (non-hydrogen) atoms. The predicted molar refractivity (Wildman–Crippen MR) is 70.2 cm³/mol. The lowest BCUT2D eigenvalue weighted by Gasteiger charge is -2.34. The number of nitrogens with zero attached hydrogens (tertiary/aromatic N) is 1. The van der Waals surface area contributed by atoms with E-state index in [2.05, 4.69) is 6.92 Å². The monoisotopic (exact) mass is 255 g/mol. The van der Waals surface area contributed by atoms with Crippen LogP contribution in [0.2, 0.25) is 0 Å². The maximum absolute atomic E-state index is 12.2. The van der Waals surface area contributed by atoms with Gasteiger partial charge in [0.15, 0.2) is 0 Å². The van der Waals surface area contributed by atoms with Crippen LogP contribution in [-0.4, -0.2) is 35.0 Å². The summed E-state index contributed by atoms with van der Waals surface area (Å²) < 4.78 is 0. The fraction of sp³-hybridized carbons (Fsp3) is 0.857. The Bertz CT molecular complexity index is 310. The maximum atomic E-state index is 12.2. The molecular weight excluding hydrogens is 230 g/mol. The van der Waals surface area contributed by atoms with E-state index in [0.29, 0.717) is 18.8 Å². The lowest BCUT2D eigenvalue weighted by atomic mass is 9.78. The number of likely N-dealkylation sites (tertiary alicyclic amines) is 1. The Morgan fingerprint density at radius 3 is 2.39 bits per heavy atom. The molecule has 1 aliphatic rings. The molecule has 0 aromatic rings. The summed E-state index contributed by atoms with van der Waals surface area (Å²) in [5.41, 5.74) is -0.877. The summed E-state index contributed by atoms with van der Waals surface area (Å²) in [5.74, 6) is -0.302. The van der Waals surface area contributed by atoms with Crippen molar-refractivity contribution in [3.8, 4) is 0 Å². The molecular formula is C14H25NO3. The Kier molecular flexibility index (Phi) is 5.17. The first-order valence-corrected chi connectivity index (χ1v) is 6.96. The number of carboxylic acids is 1. The fourth-order valence-corrected chi connectivity index (χ4v) is 2.70. The molecule has 1 unspecified atom stereocenters. The van der Waals surface area contributed by atoms with Crippen LogP contribution in [-0.2, 0) is 9.59 Å². The van der Waals surface area contributed by atoms with Crippen molar-refractivity contribution in [2.75, 3.05) is 13.1 Å². The molecule has 0 aromatic carbocycles. The van der Waals surface area contributed by atoms with E-state index in [4.69, 9.17) is 0 Å². The zero-order chi connectivity index (χ0) is 13.8. The van der Waals surface area contributed by atoms with E-state index in [1.54, 1.807) is 0 Å². The van der Waals surface area contributed by atoms with Crippen molar-refractivity contribution in [1.29, 1.82) is 0 Å². The van der Waals surface area contributed by atoms with Crippen LogP contribution in [0.3, 0.4) is 0 Å². The van der Waals surface area contributed by atoms with Gasteiger partial charge >= 0.3 is 5.97 Å². The summed E-state index contributed by atoms with van der Waals surface area (Å²) >= 11 is 0. The highest BCUT2D eigenvalue weighted by molar-refractivity contribution is 5.85. The minimum atomic E-state index is -0.877. The van der Waals surface area contributed by atoms with E-state index >= 15 is 0 Å². The Balaban J connectivity index is 2.69. The summed E-state index contributed by atoms with van der Waals surface area (Å²) in [4.78, 5) is 25.5. The van der Waals surface area contributed by atoms with Gasteiger partial charge in [0, 0.05) is 19.5 Å². The lowest BCUT2D eigenvalue weighted by molar-refractivity contribution is -0.154. The second-order valence-corrected chi connectivity index (χ2v) is 5.56. The number of amides is 1. The van der Waals surface area contributed by atoms with Gasteiger partial charge in [-0.25, -0.2) is 0 Å². The van der Waals surface area contributed by atoms with Gasteiger partial charge in [0.2, 0.25) is 5.91 Å². The van der Waals surface area contributed by atoms with E-state index in [9.17, 15) is 14.7 Å². The number of piperidine rings is 1. The molecule has 1 amide bonds. The second-order valence-electron chi connectivity index (χ2n) is 5.56. The first-order valence-electron chi connectivity index (χ1n) is 6.96. The van der Waals surface area contributed by atoms with E-state index in [1.165, 1.54) is 0 Å². The van der Waals surface area contributed by atoms with Crippen LogP contribution in [0.5, 0.6) is 0 Å². The van der Waals surface area contributed by atoms with Gasteiger partial charge in [-0.15, -0.1) is 0 Å². The summed E-state index contributed by atoms with van der Waals surface area (Å²) in [7, 11) is 0. The topological polar surface area (TPSA) is 57.6 Å². The summed E-state index contributed by atoms with van der Waals surface area (Å²) in [5, 5.41) is 9.35. The van der Waals surface area contributed by atoms with Crippen LogP contribution >= 0.6 is 0 Å². The molecule has 104 valence electrons. The van der Waals surface area contributed by atoms with Gasteiger partial charge in [-0.2, -0.15) is 0 Å². The first kappa shape index (κ1) is 15.0. The summed E-state index contributed by atoms with van der Waals surface area (Å²) in [6.07, 6.45) is 3.35. The predicted octanol–water partition coefficient (Wildman–Crippen LogP) is 2.53. The van der Waals surface area contributed by atoms with Crippen molar-refractivity contribution in [1.82, 2.24) is 4.90 Å². The third kappa shape index (κ3) is 3.24. The Morgan fingerprint density at radius 1 is 1.33 bits per heavy atom. The molecule has 0 spiro atoms. The minimum Gasteiger partial charge on any atom is -0.481 e. The maximum Gasteiger partial charge on any atom is 0.310 e. The average molecular weight is 255 g/mol. The van der Waals surface area contributed by atoms with E-state index in [0.717, 1.165) is 25.9 Å². The van der Waals surface area contributed by atoms with Crippen molar-refractivity contribution in [2.45, 2.75) is 52.9 Å². The van der Waals surface area contributed by atoms with Crippen molar-refractivity contribution in [3.05, 3.63) is 0 Å². The van der Waals surface area contributed by atoms with E-state index in [1.807, 2.05) is 18.7 Å². The van der Waals surface area contributed by atoms with Gasteiger partial charge in [-0.1, -0.05) is 20.8 Å². The van der Waals surface area contributed by atoms with Crippen LogP contribution in [0.25, 0.3) is 0 Å². The van der Waals surface area contributed by atoms with Crippen LogP contribution in [0.4, 0.5) is 0 Å². The summed E-state index contributed by atoms with van der Waals surface area (Å²) in [6, 6.07) is 0. The Morgan fingerprint density at radius 2 is 1.94 bits per heavy atom. The molecule has 1 N–H and O–H groups in total. The molecule has 0 bridgehead atoms. The second kappa shape index (κ2) is 6.21. The highest BCUT2D eigenvalue weighted by Crippen LogP contribution is 2.32. The lowest BCUT2D eigenvalue weighted by Crippen LogP contribution is -2.43. The Labute approximate surface area is 109 Å². The molecule has 0 aliphatic carbocycles. The summed E-state index contributed by atoms with van der Waals surface area (Å²) in [6.45, 7) is 7.41. The van der Waals surface area contributed by atoms with Crippen LogP contribution in [0, 0.1) is 11.3 Å². The van der Waals surface area contributed by atoms with Crippen molar-refractivity contribution >= 4 is 11.9 Å². The standard InChI is InChI=1S/C14H25NO3/c1-4-14(5-2,13(17)18)9-12(16)15-8-6-7-11(3)10-15/h11H,4-10H2,1-3H3,(H,17,18). The van der Waals surface area contributed by atoms with E-state index < -0.39 is 11.4 Å². The molecule has 1 heterocycles. The number of hydrogen-bond acceptors (Lipinski definition) is 2. The molecule has 4 heteroatoms. The number of rotatable bonds is 5. The van der Waals surface area contributed by atoms with Gasteiger partial charge in [0.05, 0.1) is 5.41 Å². The van der Waals surface area contributed by atoms with Gasteiger partial charge in [-0.3, -0.25) is 9.59 Å². The van der Waals surface area contributed by atoms with Crippen molar-refractivity contribution in [2.24, 2.45) is 11.3 Å². The molecule has 1 rings (SSSR count). The normalized spacial score (nSPS) is 20.8. The molecule has 1 aliphatic heterocycles. The fourth-order valence-electron chi connectivity index (χ4n) is 2.70. The average Bonchev–Trinajstić information content (AvgIpc) is 2.35. The zero-order valence-corrected chi connectivity index (χ0v) is 11.7. The van der Waals surface area contributed by atoms with Gasteiger partial charge in [-0.05, 0) is 31.6 Å². The number of aliphatic carboxylic acids is 1. The largest absolute Gasteiger partial charge is 0.481 e. The molecule has 1 saturated heterocycles. The number of hydrogen-bond donors (Lipinski definition) is 1. The van der Waals surface area contributed by atoms with Crippen molar-refractivity contribution < 1.29 is 14.7 Å². The van der Waals surface area contributed by atoms with Crippen LogP contribution in [0.15, 0.2) is 0 Å². The number of carbonyl (C=O) groups is 2. The quantitative estimate of drug-likeness (QED) is 0.821. The molecule has 0 saturated carbocycles. The molecule has 4 nitrogen and oxygen atoms in total. The van der Waals surface area contributed by atoms with Gasteiger partial charge in [0.25, 0.3) is 0 Å². The SMILES string of the molecule is CCC(CC)(CC(=O)N1CCCC(C)C1)C(=O)O. The Hall–Kier alpha value is -1.06. The number of carbonyl (C=O) groups excluding carboxylic acids is 1. The van der Waals surface area contributed by atoms with Crippen LogP contribution in [0.1, 0.15) is 52.9 Å². The zero-order valence-electron chi connectivity index (χ0n) is 11.7. The first-order chi connectivity index (χ1) is 8.45. The van der Waals surface area contributed by atoms with Gasteiger partial charge in [0.1, 0.15) is 0 Å². The molecule has 0 aromatic heterocycles. The van der Waals surface area contributed by atoms with E-state index in [-0.39, 0.29) is 12.3 Å².